The zero-order valence-electron chi connectivity index (χ0n) is 14.4. The molecule has 1 aliphatic heterocycles. The molecule has 1 N–H and O–H groups in total. The SMILES string of the molecule is COc1cc(OC)cc(C(=O)N2CCC(NCC3CC3)CC2)c1.Cl. The first-order chi connectivity index (χ1) is 11.2. The van der Waals surface area contributed by atoms with Crippen LogP contribution < -0.4 is 14.8 Å². The largest absolute Gasteiger partial charge is 0.497 e. The molecule has 6 heteroatoms. The number of hydrogen-bond acceptors (Lipinski definition) is 4. The Labute approximate surface area is 150 Å². The summed E-state index contributed by atoms with van der Waals surface area (Å²) in [7, 11) is 3.19. The molecule has 1 aromatic carbocycles. The number of likely N-dealkylation sites (tertiary alicyclic amines) is 1. The number of piperidine rings is 1. The summed E-state index contributed by atoms with van der Waals surface area (Å²) in [5, 5.41) is 3.64. The van der Waals surface area contributed by atoms with E-state index < -0.39 is 0 Å². The van der Waals surface area contributed by atoms with Gasteiger partial charge in [-0.2, -0.15) is 0 Å². The zero-order chi connectivity index (χ0) is 16.2. The number of nitrogens with one attached hydrogen (secondary N) is 1. The van der Waals surface area contributed by atoms with Crippen LogP contribution in [-0.2, 0) is 0 Å². The van der Waals surface area contributed by atoms with E-state index in [1.165, 1.54) is 12.8 Å². The predicted octanol–water partition coefficient (Wildman–Crippen LogP) is 2.73. The van der Waals surface area contributed by atoms with Gasteiger partial charge in [-0.25, -0.2) is 0 Å². The Bertz CT molecular complexity index is 533. The number of hydrogen-bond donors (Lipinski definition) is 1. The maximum Gasteiger partial charge on any atom is 0.254 e. The summed E-state index contributed by atoms with van der Waals surface area (Å²) in [5.74, 6) is 2.25. The molecule has 0 aromatic heterocycles. The fourth-order valence-electron chi connectivity index (χ4n) is 3.06. The molecule has 0 radical (unpaired) electrons. The second-order valence-corrected chi connectivity index (χ2v) is 6.52. The van der Waals surface area contributed by atoms with E-state index in [0.29, 0.717) is 23.1 Å². The molecule has 0 bridgehead atoms. The number of methoxy groups -OCH3 is 2. The number of carbonyl (C=O) groups is 1. The summed E-state index contributed by atoms with van der Waals surface area (Å²) >= 11 is 0. The van der Waals surface area contributed by atoms with E-state index in [2.05, 4.69) is 5.32 Å². The second kappa shape index (κ2) is 8.58. The van der Waals surface area contributed by atoms with Crippen LogP contribution >= 0.6 is 12.4 Å². The Kier molecular flexibility index (Phi) is 6.75. The number of carbonyl (C=O) groups excluding carboxylic acids is 1. The van der Waals surface area contributed by atoms with E-state index >= 15 is 0 Å². The van der Waals surface area contributed by atoms with Crippen molar-refractivity contribution < 1.29 is 14.3 Å². The van der Waals surface area contributed by atoms with Gasteiger partial charge in [0.25, 0.3) is 5.91 Å². The lowest BCUT2D eigenvalue weighted by Gasteiger charge is -2.32. The normalized spacial score (nSPS) is 18.0. The highest BCUT2D eigenvalue weighted by Crippen LogP contribution is 2.28. The fraction of sp³-hybridized carbons (Fsp3) is 0.611. The van der Waals surface area contributed by atoms with Crippen LogP contribution in [0.2, 0.25) is 0 Å². The van der Waals surface area contributed by atoms with Gasteiger partial charge < -0.3 is 19.7 Å². The zero-order valence-corrected chi connectivity index (χ0v) is 15.2. The summed E-state index contributed by atoms with van der Waals surface area (Å²) in [4.78, 5) is 14.6. The van der Waals surface area contributed by atoms with Gasteiger partial charge >= 0.3 is 0 Å². The van der Waals surface area contributed by atoms with Crippen molar-refractivity contribution >= 4 is 18.3 Å². The van der Waals surface area contributed by atoms with Gasteiger partial charge in [0.2, 0.25) is 0 Å². The number of nitrogens with zero attached hydrogens (tertiary/aromatic N) is 1. The molecule has 0 unspecified atom stereocenters. The van der Waals surface area contributed by atoms with Gasteiger partial charge in [0, 0.05) is 30.8 Å². The van der Waals surface area contributed by atoms with Crippen LogP contribution in [-0.4, -0.2) is 50.7 Å². The molecule has 24 heavy (non-hydrogen) atoms. The third kappa shape index (κ3) is 4.77. The Morgan fingerprint density at radius 1 is 1.08 bits per heavy atom. The lowest BCUT2D eigenvalue weighted by Crippen LogP contribution is -2.45. The van der Waals surface area contributed by atoms with Crippen LogP contribution in [0, 0.1) is 5.92 Å². The van der Waals surface area contributed by atoms with Crippen LogP contribution in [0.3, 0.4) is 0 Å². The molecule has 1 aromatic rings. The molecule has 1 heterocycles. The van der Waals surface area contributed by atoms with E-state index in [-0.39, 0.29) is 18.3 Å². The average Bonchev–Trinajstić information content (AvgIpc) is 3.43. The minimum atomic E-state index is 0. The summed E-state index contributed by atoms with van der Waals surface area (Å²) in [6, 6.07) is 5.90. The molecule has 2 fully saturated rings. The van der Waals surface area contributed by atoms with E-state index in [1.807, 2.05) is 4.90 Å². The van der Waals surface area contributed by atoms with E-state index in [9.17, 15) is 4.79 Å². The van der Waals surface area contributed by atoms with Gasteiger partial charge in [0.1, 0.15) is 11.5 Å². The van der Waals surface area contributed by atoms with Gasteiger partial charge in [-0.1, -0.05) is 0 Å². The number of amides is 1. The molecule has 134 valence electrons. The first-order valence-corrected chi connectivity index (χ1v) is 8.45. The molecule has 3 rings (SSSR count). The summed E-state index contributed by atoms with van der Waals surface area (Å²) in [6.07, 6.45) is 4.81. The molecule has 0 spiro atoms. The van der Waals surface area contributed by atoms with Crippen LogP contribution in [0.1, 0.15) is 36.0 Å². The van der Waals surface area contributed by atoms with Crippen molar-refractivity contribution in [2.45, 2.75) is 31.7 Å². The highest BCUT2D eigenvalue weighted by Gasteiger charge is 2.26. The van der Waals surface area contributed by atoms with Crippen molar-refractivity contribution in [2.24, 2.45) is 5.92 Å². The van der Waals surface area contributed by atoms with Gasteiger partial charge in [0.05, 0.1) is 14.2 Å². The lowest BCUT2D eigenvalue weighted by molar-refractivity contribution is 0.0704. The Morgan fingerprint density at radius 2 is 1.67 bits per heavy atom. The number of rotatable bonds is 6. The molecule has 1 aliphatic carbocycles. The van der Waals surface area contributed by atoms with E-state index in [0.717, 1.165) is 38.4 Å². The minimum absolute atomic E-state index is 0. The molecule has 5 nitrogen and oxygen atoms in total. The highest BCUT2D eigenvalue weighted by atomic mass is 35.5. The van der Waals surface area contributed by atoms with Crippen molar-refractivity contribution in [3.05, 3.63) is 23.8 Å². The van der Waals surface area contributed by atoms with Crippen LogP contribution in [0.15, 0.2) is 18.2 Å². The van der Waals surface area contributed by atoms with Crippen LogP contribution in [0.25, 0.3) is 0 Å². The Balaban J connectivity index is 0.00000208. The minimum Gasteiger partial charge on any atom is -0.497 e. The Morgan fingerprint density at radius 3 is 2.17 bits per heavy atom. The highest BCUT2D eigenvalue weighted by molar-refractivity contribution is 5.95. The average molecular weight is 355 g/mol. The fourth-order valence-corrected chi connectivity index (χ4v) is 3.06. The molecular weight excluding hydrogens is 328 g/mol. The lowest BCUT2D eigenvalue weighted by atomic mass is 10.0. The number of ether oxygens (including phenoxy) is 2. The summed E-state index contributed by atoms with van der Waals surface area (Å²) < 4.78 is 10.5. The summed E-state index contributed by atoms with van der Waals surface area (Å²) in [5.41, 5.74) is 0.630. The Hall–Kier alpha value is -1.46. The first-order valence-electron chi connectivity index (χ1n) is 8.45. The topological polar surface area (TPSA) is 50.8 Å². The monoisotopic (exact) mass is 354 g/mol. The van der Waals surface area contributed by atoms with Gasteiger partial charge in [-0.05, 0) is 50.3 Å². The quantitative estimate of drug-likeness (QED) is 0.853. The van der Waals surface area contributed by atoms with Gasteiger partial charge in [0.15, 0.2) is 0 Å². The van der Waals surface area contributed by atoms with Crippen molar-refractivity contribution in [1.82, 2.24) is 10.2 Å². The molecule has 1 saturated heterocycles. The van der Waals surface area contributed by atoms with E-state index in [1.54, 1.807) is 32.4 Å². The van der Waals surface area contributed by atoms with Gasteiger partial charge in [-0.3, -0.25) is 4.79 Å². The third-order valence-electron chi connectivity index (χ3n) is 4.77. The summed E-state index contributed by atoms with van der Waals surface area (Å²) in [6.45, 7) is 2.76. The first kappa shape index (κ1) is 18.9. The van der Waals surface area contributed by atoms with Crippen molar-refractivity contribution in [2.75, 3.05) is 33.9 Å². The van der Waals surface area contributed by atoms with Crippen molar-refractivity contribution in [1.29, 1.82) is 0 Å². The number of benzene rings is 1. The third-order valence-corrected chi connectivity index (χ3v) is 4.77. The smallest absolute Gasteiger partial charge is 0.254 e. The molecule has 1 amide bonds. The predicted molar refractivity (Wildman–Crippen MR) is 96.4 cm³/mol. The standard InChI is InChI=1S/C18H26N2O3.ClH/c1-22-16-9-14(10-17(11-16)23-2)18(21)20-7-5-15(6-8-20)19-12-13-3-4-13;/h9-11,13,15,19H,3-8,12H2,1-2H3;1H. The molecule has 1 saturated carbocycles. The maximum absolute atomic E-state index is 12.7. The van der Waals surface area contributed by atoms with Gasteiger partial charge in [-0.15, -0.1) is 12.4 Å². The maximum atomic E-state index is 12.7. The van der Waals surface area contributed by atoms with E-state index in [4.69, 9.17) is 9.47 Å². The molecule has 2 aliphatic rings. The molecule has 0 atom stereocenters. The van der Waals surface area contributed by atoms with Crippen molar-refractivity contribution in [3.8, 4) is 11.5 Å². The van der Waals surface area contributed by atoms with Crippen LogP contribution in [0.4, 0.5) is 0 Å². The van der Waals surface area contributed by atoms with Crippen molar-refractivity contribution in [3.63, 3.8) is 0 Å². The molecular formula is C18H27ClN2O3. The second-order valence-electron chi connectivity index (χ2n) is 6.52. The number of halogens is 1. The van der Waals surface area contributed by atoms with Crippen LogP contribution in [0.5, 0.6) is 11.5 Å².